The molecule has 50 valence electrons. The Morgan fingerprint density at radius 1 is 1.50 bits per heavy atom. The molecule has 0 spiro atoms. The van der Waals surface area contributed by atoms with Crippen LogP contribution in [0.4, 0.5) is 8.78 Å². The molecule has 0 rings (SSSR count). The third kappa shape index (κ3) is 6.17. The van der Waals surface area contributed by atoms with Crippen LogP contribution in [0.15, 0.2) is 0 Å². The lowest BCUT2D eigenvalue weighted by molar-refractivity contribution is 0.176. The second-order valence-electron chi connectivity index (χ2n) is 1.19. The van der Waals surface area contributed by atoms with Gasteiger partial charge in [-0.1, -0.05) is 0 Å². The van der Waals surface area contributed by atoms with E-state index in [-0.39, 0.29) is 12.4 Å². The highest BCUT2D eigenvalue weighted by atomic mass is 32.2. The van der Waals surface area contributed by atoms with Crippen LogP contribution in [0, 0.1) is 0 Å². The van der Waals surface area contributed by atoms with Gasteiger partial charge in [0.25, 0.3) is 0 Å². The van der Waals surface area contributed by atoms with Gasteiger partial charge < -0.3 is 5.11 Å². The third-order valence-corrected chi connectivity index (χ3v) is 1.44. The molecule has 0 aromatic carbocycles. The molecule has 1 nitrogen and oxygen atoms in total. The van der Waals surface area contributed by atoms with Crippen molar-refractivity contribution < 1.29 is 13.9 Å². The highest BCUT2D eigenvalue weighted by Crippen LogP contribution is 2.04. The molecule has 0 saturated carbocycles. The van der Waals surface area contributed by atoms with E-state index in [0.29, 0.717) is 5.75 Å². The van der Waals surface area contributed by atoms with E-state index >= 15 is 0 Å². The first-order chi connectivity index (χ1) is 3.77. The van der Waals surface area contributed by atoms with Crippen molar-refractivity contribution in [2.75, 3.05) is 18.1 Å². The van der Waals surface area contributed by atoms with Crippen LogP contribution < -0.4 is 0 Å². The lowest BCUT2D eigenvalue weighted by atomic mass is 10.8. The van der Waals surface area contributed by atoms with Crippen LogP contribution in [-0.4, -0.2) is 29.6 Å². The van der Waals surface area contributed by atoms with E-state index in [4.69, 9.17) is 5.11 Å². The molecule has 0 bridgehead atoms. The summed E-state index contributed by atoms with van der Waals surface area (Å²) >= 11 is 1.06. The maximum Gasteiger partial charge on any atom is 0.247 e. The van der Waals surface area contributed by atoms with E-state index in [0.717, 1.165) is 11.8 Å². The summed E-state index contributed by atoms with van der Waals surface area (Å²) in [4.78, 5) is 0. The highest BCUT2D eigenvalue weighted by Gasteiger charge is 1.99. The molecule has 0 atom stereocenters. The molecule has 0 amide bonds. The fraction of sp³-hybridized carbons (Fsp3) is 1.00. The largest absolute Gasteiger partial charge is 0.396 e. The molecule has 0 aliphatic rings. The summed E-state index contributed by atoms with van der Waals surface area (Å²) in [6.45, 7) is -0.0165. The molecule has 4 heteroatoms. The van der Waals surface area contributed by atoms with Gasteiger partial charge in [0, 0.05) is 5.75 Å². The van der Waals surface area contributed by atoms with Crippen molar-refractivity contribution >= 4 is 11.8 Å². The predicted octanol–water partition coefficient (Wildman–Crippen LogP) is 0.977. The van der Waals surface area contributed by atoms with Gasteiger partial charge in [0.15, 0.2) is 0 Å². The summed E-state index contributed by atoms with van der Waals surface area (Å²) in [7, 11) is 0. The van der Waals surface area contributed by atoms with Crippen LogP contribution in [0.2, 0.25) is 0 Å². The Morgan fingerprint density at radius 3 is 2.50 bits per heavy atom. The van der Waals surface area contributed by atoms with Crippen molar-refractivity contribution in [3.8, 4) is 0 Å². The maximum absolute atomic E-state index is 11.3. The Bertz CT molecular complexity index is 51.3. The van der Waals surface area contributed by atoms with Gasteiger partial charge in [-0.3, -0.25) is 0 Å². The van der Waals surface area contributed by atoms with E-state index in [9.17, 15) is 8.78 Å². The number of halogens is 2. The second-order valence-corrected chi connectivity index (χ2v) is 2.34. The fourth-order valence-electron chi connectivity index (χ4n) is 0.237. The van der Waals surface area contributed by atoms with Crippen LogP contribution in [0.5, 0.6) is 0 Å². The normalized spacial score (nSPS) is 10.5. The number of alkyl halides is 2. The zero-order valence-corrected chi connectivity index (χ0v) is 5.13. The number of hydrogen-bond acceptors (Lipinski definition) is 2. The van der Waals surface area contributed by atoms with Crippen molar-refractivity contribution in [3.63, 3.8) is 0 Å². The van der Waals surface area contributed by atoms with Crippen LogP contribution in [0.3, 0.4) is 0 Å². The Labute approximate surface area is 51.1 Å². The van der Waals surface area contributed by atoms with Crippen molar-refractivity contribution in [3.05, 3.63) is 0 Å². The smallest absolute Gasteiger partial charge is 0.247 e. The summed E-state index contributed by atoms with van der Waals surface area (Å²) in [5.74, 6) is 0.241. The molecule has 0 radical (unpaired) electrons. The summed E-state index contributed by atoms with van der Waals surface area (Å²) in [5, 5.41) is 8.11. The van der Waals surface area contributed by atoms with Crippen LogP contribution in [0.1, 0.15) is 0 Å². The molecule has 0 heterocycles. The monoisotopic (exact) mass is 142 g/mol. The summed E-state index contributed by atoms with van der Waals surface area (Å²) < 4.78 is 22.5. The molecule has 0 aromatic rings. The number of hydrogen-bond donors (Lipinski definition) is 1. The van der Waals surface area contributed by atoms with Gasteiger partial charge >= 0.3 is 0 Å². The lowest BCUT2D eigenvalue weighted by Crippen LogP contribution is -1.96. The second kappa shape index (κ2) is 5.31. The molecule has 0 aliphatic heterocycles. The number of rotatable bonds is 4. The van der Waals surface area contributed by atoms with Gasteiger partial charge in [-0.25, -0.2) is 8.78 Å². The zero-order valence-electron chi connectivity index (χ0n) is 4.31. The quantitative estimate of drug-likeness (QED) is 0.590. The van der Waals surface area contributed by atoms with Crippen molar-refractivity contribution in [1.29, 1.82) is 0 Å². The van der Waals surface area contributed by atoms with E-state index in [2.05, 4.69) is 0 Å². The first kappa shape index (κ1) is 8.17. The number of aliphatic hydroxyl groups excluding tert-OH is 1. The molecule has 1 N–H and O–H groups in total. The average Bonchev–Trinajstić information content (AvgIpc) is 1.66. The minimum atomic E-state index is -2.24. The predicted molar refractivity (Wildman–Crippen MR) is 30.4 cm³/mol. The van der Waals surface area contributed by atoms with Gasteiger partial charge in [-0.05, 0) is 0 Å². The van der Waals surface area contributed by atoms with Gasteiger partial charge in [-0.2, -0.15) is 11.8 Å². The van der Waals surface area contributed by atoms with E-state index < -0.39 is 6.43 Å². The van der Waals surface area contributed by atoms with Crippen molar-refractivity contribution in [1.82, 2.24) is 0 Å². The maximum atomic E-state index is 11.3. The van der Waals surface area contributed by atoms with E-state index in [1.807, 2.05) is 0 Å². The molecule has 0 aromatic heterocycles. The first-order valence-corrected chi connectivity index (χ1v) is 3.39. The molecule has 8 heavy (non-hydrogen) atoms. The fourth-order valence-corrected chi connectivity index (χ4v) is 0.711. The summed E-state index contributed by atoms with van der Waals surface area (Å²) in [6.07, 6.45) is -2.24. The van der Waals surface area contributed by atoms with E-state index in [1.165, 1.54) is 0 Å². The number of aliphatic hydroxyl groups is 1. The molecule has 0 saturated heterocycles. The topological polar surface area (TPSA) is 20.2 Å². The minimum Gasteiger partial charge on any atom is -0.396 e. The Hall–Kier alpha value is 0.170. The minimum absolute atomic E-state index is 0.0165. The van der Waals surface area contributed by atoms with Crippen LogP contribution >= 0.6 is 11.8 Å². The average molecular weight is 142 g/mol. The third-order valence-electron chi connectivity index (χ3n) is 0.479. The molecular formula is C4H8F2OS. The van der Waals surface area contributed by atoms with Gasteiger partial charge in [-0.15, -0.1) is 0 Å². The number of thioether (sulfide) groups is 1. The van der Waals surface area contributed by atoms with Gasteiger partial charge in [0.1, 0.15) is 0 Å². The molecule has 0 aliphatic carbocycles. The van der Waals surface area contributed by atoms with E-state index in [1.54, 1.807) is 0 Å². The molecule has 0 unspecified atom stereocenters. The van der Waals surface area contributed by atoms with Gasteiger partial charge in [0.2, 0.25) is 6.43 Å². The molecular weight excluding hydrogens is 134 g/mol. The van der Waals surface area contributed by atoms with Gasteiger partial charge in [0.05, 0.1) is 12.4 Å². The highest BCUT2D eigenvalue weighted by molar-refractivity contribution is 7.99. The zero-order chi connectivity index (χ0) is 6.41. The summed E-state index contributed by atoms with van der Waals surface area (Å²) in [5.41, 5.74) is 0. The SMILES string of the molecule is OCCSCC(F)F. The Morgan fingerprint density at radius 2 is 2.12 bits per heavy atom. The Kier molecular flexibility index (Phi) is 5.42. The first-order valence-electron chi connectivity index (χ1n) is 2.24. The van der Waals surface area contributed by atoms with Crippen molar-refractivity contribution in [2.24, 2.45) is 0 Å². The van der Waals surface area contributed by atoms with Crippen LogP contribution in [0.25, 0.3) is 0 Å². The van der Waals surface area contributed by atoms with Crippen LogP contribution in [-0.2, 0) is 0 Å². The summed E-state index contributed by atoms with van der Waals surface area (Å²) in [6, 6.07) is 0. The lowest BCUT2D eigenvalue weighted by Gasteiger charge is -1.94. The molecule has 0 fully saturated rings. The van der Waals surface area contributed by atoms with Crippen molar-refractivity contribution in [2.45, 2.75) is 6.43 Å². The standard InChI is InChI=1S/C4H8F2OS/c5-4(6)3-8-2-1-7/h4,7H,1-3H2. The Balaban J connectivity index is 2.72.